The predicted molar refractivity (Wildman–Crippen MR) is 76.6 cm³/mol. The maximum atomic E-state index is 5.59. The summed E-state index contributed by atoms with van der Waals surface area (Å²) in [5, 5.41) is 0. The first-order valence-electron chi connectivity index (χ1n) is 6.12. The Hall–Kier alpha value is -0.580. The molecule has 0 atom stereocenters. The van der Waals surface area contributed by atoms with Crippen molar-refractivity contribution in [3.63, 3.8) is 0 Å². The van der Waals surface area contributed by atoms with Crippen molar-refractivity contribution in [2.24, 2.45) is 5.73 Å². The van der Waals surface area contributed by atoms with E-state index in [1.54, 1.807) is 0 Å². The van der Waals surface area contributed by atoms with Crippen molar-refractivity contribution in [2.45, 2.75) is 6.42 Å². The van der Waals surface area contributed by atoms with Crippen molar-refractivity contribution >= 4 is 21.6 Å². The molecule has 0 aromatic heterocycles. The zero-order valence-corrected chi connectivity index (χ0v) is 11.9. The standard InChI is InChI=1S/C13H20BrN3/c1-16-6-8-17(9-7-16)12-3-2-11(4-5-15)13(14)10-12/h2-3,10H,4-9,15H2,1H3. The van der Waals surface area contributed by atoms with Crippen LogP contribution >= 0.6 is 15.9 Å². The van der Waals surface area contributed by atoms with Gasteiger partial charge in [0, 0.05) is 36.3 Å². The topological polar surface area (TPSA) is 32.5 Å². The molecule has 0 spiro atoms. The van der Waals surface area contributed by atoms with E-state index in [0.717, 1.165) is 32.6 Å². The van der Waals surface area contributed by atoms with Crippen LogP contribution in [-0.4, -0.2) is 44.7 Å². The van der Waals surface area contributed by atoms with Crippen molar-refractivity contribution in [1.82, 2.24) is 4.90 Å². The maximum absolute atomic E-state index is 5.59. The molecule has 94 valence electrons. The highest BCUT2D eigenvalue weighted by atomic mass is 79.9. The summed E-state index contributed by atoms with van der Waals surface area (Å²) in [4.78, 5) is 4.81. The minimum atomic E-state index is 0.701. The molecule has 1 saturated heterocycles. The van der Waals surface area contributed by atoms with E-state index < -0.39 is 0 Å². The highest BCUT2D eigenvalue weighted by Crippen LogP contribution is 2.25. The van der Waals surface area contributed by atoms with Gasteiger partial charge in [0.25, 0.3) is 0 Å². The number of anilines is 1. The third-order valence-corrected chi connectivity index (χ3v) is 4.06. The fourth-order valence-electron chi connectivity index (χ4n) is 2.16. The number of piperazine rings is 1. The Morgan fingerprint density at radius 2 is 1.94 bits per heavy atom. The van der Waals surface area contributed by atoms with Crippen LogP contribution in [0.2, 0.25) is 0 Å². The second-order valence-corrected chi connectivity index (χ2v) is 5.46. The van der Waals surface area contributed by atoms with Crippen LogP contribution in [0.25, 0.3) is 0 Å². The van der Waals surface area contributed by atoms with Gasteiger partial charge in [-0.3, -0.25) is 0 Å². The molecular formula is C13H20BrN3. The molecule has 0 saturated carbocycles. The molecule has 1 aliphatic rings. The lowest BCUT2D eigenvalue weighted by atomic mass is 10.1. The lowest BCUT2D eigenvalue weighted by molar-refractivity contribution is 0.313. The van der Waals surface area contributed by atoms with E-state index in [1.807, 2.05) is 0 Å². The molecule has 3 nitrogen and oxygen atoms in total. The van der Waals surface area contributed by atoms with Crippen LogP contribution in [0, 0.1) is 0 Å². The molecule has 1 aromatic carbocycles. The molecular weight excluding hydrogens is 278 g/mol. The zero-order valence-electron chi connectivity index (χ0n) is 10.3. The van der Waals surface area contributed by atoms with E-state index in [-0.39, 0.29) is 0 Å². The molecule has 4 heteroatoms. The summed E-state index contributed by atoms with van der Waals surface area (Å²) in [6.07, 6.45) is 0.934. The highest BCUT2D eigenvalue weighted by Gasteiger charge is 2.14. The van der Waals surface area contributed by atoms with E-state index in [4.69, 9.17) is 5.73 Å². The first-order valence-corrected chi connectivity index (χ1v) is 6.92. The van der Waals surface area contributed by atoms with Crippen molar-refractivity contribution in [3.8, 4) is 0 Å². The summed E-state index contributed by atoms with van der Waals surface area (Å²) >= 11 is 3.63. The monoisotopic (exact) mass is 297 g/mol. The molecule has 0 unspecified atom stereocenters. The Morgan fingerprint density at radius 1 is 1.24 bits per heavy atom. The second-order valence-electron chi connectivity index (χ2n) is 4.60. The van der Waals surface area contributed by atoms with Crippen LogP contribution < -0.4 is 10.6 Å². The Balaban J connectivity index is 2.09. The van der Waals surface area contributed by atoms with E-state index in [1.165, 1.54) is 15.7 Å². The molecule has 0 radical (unpaired) electrons. The summed E-state index contributed by atoms with van der Waals surface area (Å²) < 4.78 is 1.18. The minimum absolute atomic E-state index is 0.701. The molecule has 0 aliphatic carbocycles. The maximum Gasteiger partial charge on any atom is 0.0378 e. The molecule has 17 heavy (non-hydrogen) atoms. The summed E-state index contributed by atoms with van der Waals surface area (Å²) in [7, 11) is 2.18. The third-order valence-electron chi connectivity index (χ3n) is 3.32. The lowest BCUT2D eigenvalue weighted by Gasteiger charge is -2.34. The summed E-state index contributed by atoms with van der Waals surface area (Å²) in [5.74, 6) is 0. The second kappa shape index (κ2) is 5.85. The summed E-state index contributed by atoms with van der Waals surface area (Å²) in [6, 6.07) is 6.61. The van der Waals surface area contributed by atoms with Gasteiger partial charge < -0.3 is 15.5 Å². The molecule has 2 rings (SSSR count). The molecule has 0 amide bonds. The number of hydrogen-bond donors (Lipinski definition) is 1. The van der Waals surface area contributed by atoms with Crippen molar-refractivity contribution in [2.75, 3.05) is 44.7 Å². The predicted octanol–water partition coefficient (Wildman–Crippen LogP) is 1.70. The van der Waals surface area contributed by atoms with Crippen LogP contribution in [0.1, 0.15) is 5.56 Å². The molecule has 0 bridgehead atoms. The Kier molecular flexibility index (Phi) is 4.42. The Labute approximate surface area is 112 Å². The van der Waals surface area contributed by atoms with Gasteiger partial charge in [-0.15, -0.1) is 0 Å². The van der Waals surface area contributed by atoms with Gasteiger partial charge in [-0.25, -0.2) is 0 Å². The van der Waals surface area contributed by atoms with Gasteiger partial charge in [0.05, 0.1) is 0 Å². The van der Waals surface area contributed by atoms with Crippen LogP contribution in [-0.2, 0) is 6.42 Å². The fourth-order valence-corrected chi connectivity index (χ4v) is 2.72. The Morgan fingerprint density at radius 3 is 2.53 bits per heavy atom. The quantitative estimate of drug-likeness (QED) is 0.922. The van der Waals surface area contributed by atoms with Gasteiger partial charge in [0.1, 0.15) is 0 Å². The average Bonchev–Trinajstić information content (AvgIpc) is 2.33. The molecule has 1 heterocycles. The van der Waals surface area contributed by atoms with Crippen LogP contribution in [0.15, 0.2) is 22.7 Å². The van der Waals surface area contributed by atoms with Gasteiger partial charge >= 0.3 is 0 Å². The molecule has 1 aromatic rings. The molecule has 1 aliphatic heterocycles. The first kappa shape index (κ1) is 12.9. The number of likely N-dealkylation sites (N-methyl/N-ethyl adjacent to an activating group) is 1. The fraction of sp³-hybridized carbons (Fsp3) is 0.538. The number of nitrogens with two attached hydrogens (primary N) is 1. The number of rotatable bonds is 3. The van der Waals surface area contributed by atoms with E-state index in [2.05, 4.69) is 51.0 Å². The summed E-state index contributed by atoms with van der Waals surface area (Å²) in [5.41, 5.74) is 8.20. The number of hydrogen-bond acceptors (Lipinski definition) is 3. The van der Waals surface area contributed by atoms with Gasteiger partial charge in [-0.05, 0) is 37.7 Å². The lowest BCUT2D eigenvalue weighted by Crippen LogP contribution is -2.44. The number of halogens is 1. The smallest absolute Gasteiger partial charge is 0.0378 e. The Bertz CT molecular complexity index is 373. The largest absolute Gasteiger partial charge is 0.369 e. The number of benzene rings is 1. The van der Waals surface area contributed by atoms with Gasteiger partial charge in [0.2, 0.25) is 0 Å². The zero-order chi connectivity index (χ0) is 12.3. The van der Waals surface area contributed by atoms with Gasteiger partial charge in [-0.1, -0.05) is 22.0 Å². The third kappa shape index (κ3) is 3.21. The van der Waals surface area contributed by atoms with Crippen molar-refractivity contribution in [3.05, 3.63) is 28.2 Å². The highest BCUT2D eigenvalue weighted by molar-refractivity contribution is 9.10. The van der Waals surface area contributed by atoms with Crippen molar-refractivity contribution < 1.29 is 0 Å². The first-order chi connectivity index (χ1) is 8.20. The van der Waals surface area contributed by atoms with Crippen molar-refractivity contribution in [1.29, 1.82) is 0 Å². The van der Waals surface area contributed by atoms with E-state index in [0.29, 0.717) is 6.54 Å². The molecule has 2 N–H and O–H groups in total. The number of nitrogens with zero attached hydrogens (tertiary/aromatic N) is 2. The van der Waals surface area contributed by atoms with Crippen LogP contribution in [0.5, 0.6) is 0 Å². The van der Waals surface area contributed by atoms with E-state index >= 15 is 0 Å². The SMILES string of the molecule is CN1CCN(c2ccc(CCN)c(Br)c2)CC1. The van der Waals surface area contributed by atoms with Crippen LogP contribution in [0.3, 0.4) is 0 Å². The average molecular weight is 298 g/mol. The summed E-state index contributed by atoms with van der Waals surface area (Å²) in [6.45, 7) is 5.20. The van der Waals surface area contributed by atoms with E-state index in [9.17, 15) is 0 Å². The van der Waals surface area contributed by atoms with Gasteiger partial charge in [-0.2, -0.15) is 0 Å². The molecule has 1 fully saturated rings. The van der Waals surface area contributed by atoms with Gasteiger partial charge in [0.15, 0.2) is 0 Å². The normalized spacial score (nSPS) is 17.5. The van der Waals surface area contributed by atoms with Crippen LogP contribution in [0.4, 0.5) is 5.69 Å². The minimum Gasteiger partial charge on any atom is -0.369 e.